The molecule has 2 heterocycles. The predicted octanol–water partition coefficient (Wildman–Crippen LogP) is 4.38. The Morgan fingerprint density at radius 3 is 2.70 bits per heavy atom. The Bertz CT molecular complexity index is 965. The number of cyclic esters (lactones) is 1. The number of ether oxygens (including phenoxy) is 2. The third-order valence-corrected chi connectivity index (χ3v) is 11.5. The molecule has 6 rings (SSSR count). The Labute approximate surface area is 197 Å². The summed E-state index contributed by atoms with van der Waals surface area (Å²) in [7, 11) is 0. The second-order valence-electron chi connectivity index (χ2n) is 12.4. The van der Waals surface area contributed by atoms with Crippen molar-refractivity contribution >= 4 is 11.8 Å². The molecular weight excluding hydrogens is 416 g/mol. The maximum absolute atomic E-state index is 13.3. The molecular formula is C28H38O5. The molecule has 6 aliphatic rings. The van der Waals surface area contributed by atoms with E-state index in [1.54, 1.807) is 0 Å². The Kier molecular flexibility index (Phi) is 4.70. The summed E-state index contributed by atoms with van der Waals surface area (Å²) in [6.07, 6.45) is 11.3. The zero-order valence-electron chi connectivity index (χ0n) is 20.4. The molecule has 0 unspecified atom stereocenters. The fourth-order valence-corrected chi connectivity index (χ4v) is 9.61. The lowest BCUT2D eigenvalue weighted by Gasteiger charge is -2.57. The monoisotopic (exact) mass is 454 g/mol. The standard InChI is InChI=1S/C28H38O5/c1-15-12-22(32-25(31)18(15)14-29)16(2)19-7-8-20-17-13-24-28(33-24)10-5-6-23(30)27(28,4)21(17)9-11-26(19,20)3/h5-6,16-17,19-22,24,29H,7-14H2,1-4H3/t16-,17+,19+,20+,21+,22+,24+,26-,27-,28+/m1/s1. The molecule has 10 atom stereocenters. The van der Waals surface area contributed by atoms with Gasteiger partial charge in [-0.3, -0.25) is 4.79 Å². The quantitative estimate of drug-likeness (QED) is 0.506. The number of esters is 1. The largest absolute Gasteiger partial charge is 0.458 e. The van der Waals surface area contributed by atoms with Crippen molar-refractivity contribution in [1.82, 2.24) is 0 Å². The first-order chi connectivity index (χ1) is 15.7. The minimum Gasteiger partial charge on any atom is -0.458 e. The zero-order chi connectivity index (χ0) is 23.3. The molecule has 4 fully saturated rings. The number of hydrogen-bond acceptors (Lipinski definition) is 5. The topological polar surface area (TPSA) is 76.1 Å². The lowest BCUT2D eigenvalue weighted by molar-refractivity contribution is -0.153. The maximum atomic E-state index is 13.3. The summed E-state index contributed by atoms with van der Waals surface area (Å²) in [6, 6.07) is 0. The number of epoxide rings is 1. The van der Waals surface area contributed by atoms with Crippen molar-refractivity contribution in [2.24, 2.45) is 40.4 Å². The first-order valence-electron chi connectivity index (χ1n) is 13.1. The highest BCUT2D eigenvalue weighted by atomic mass is 16.6. The average molecular weight is 455 g/mol. The summed E-state index contributed by atoms with van der Waals surface area (Å²) in [5, 5.41) is 9.52. The predicted molar refractivity (Wildman–Crippen MR) is 123 cm³/mol. The van der Waals surface area contributed by atoms with Crippen LogP contribution >= 0.6 is 0 Å². The van der Waals surface area contributed by atoms with Gasteiger partial charge >= 0.3 is 5.97 Å². The van der Waals surface area contributed by atoms with Gasteiger partial charge in [-0.25, -0.2) is 4.79 Å². The molecule has 0 aromatic heterocycles. The van der Waals surface area contributed by atoms with Crippen LogP contribution in [0.4, 0.5) is 0 Å². The van der Waals surface area contributed by atoms with E-state index in [-0.39, 0.29) is 52.9 Å². The highest BCUT2D eigenvalue weighted by molar-refractivity contribution is 5.97. The van der Waals surface area contributed by atoms with E-state index in [0.717, 1.165) is 44.1 Å². The summed E-state index contributed by atoms with van der Waals surface area (Å²) >= 11 is 0. The Morgan fingerprint density at radius 2 is 1.97 bits per heavy atom. The van der Waals surface area contributed by atoms with Crippen LogP contribution in [0.1, 0.15) is 72.6 Å². The van der Waals surface area contributed by atoms with Gasteiger partial charge in [-0.2, -0.15) is 0 Å². The SMILES string of the molecule is CC1=C(CO)C(=O)O[C@H]([C@H](C)[C@@H]2CC[C@H]3[C@@H]4C[C@@H]5O[C@@]56CC=CC(=O)[C@@]6(C)[C@H]4CC[C@]23C)C1. The van der Waals surface area contributed by atoms with E-state index < -0.39 is 0 Å². The van der Waals surface area contributed by atoms with Crippen molar-refractivity contribution in [3.63, 3.8) is 0 Å². The highest BCUT2D eigenvalue weighted by Crippen LogP contribution is 2.73. The molecule has 5 heteroatoms. The Balaban J connectivity index is 1.26. The fourth-order valence-electron chi connectivity index (χ4n) is 9.61. The van der Waals surface area contributed by atoms with Crippen LogP contribution in [0.3, 0.4) is 0 Å². The third kappa shape index (κ3) is 2.67. The van der Waals surface area contributed by atoms with Crippen LogP contribution < -0.4 is 0 Å². The first-order valence-corrected chi connectivity index (χ1v) is 13.1. The number of aliphatic hydroxyl groups is 1. The number of aliphatic hydroxyl groups excluding tert-OH is 1. The molecule has 1 spiro atoms. The van der Waals surface area contributed by atoms with Crippen LogP contribution in [0.15, 0.2) is 23.3 Å². The van der Waals surface area contributed by atoms with Crippen molar-refractivity contribution in [1.29, 1.82) is 0 Å². The van der Waals surface area contributed by atoms with Crippen LogP contribution in [-0.2, 0) is 19.1 Å². The van der Waals surface area contributed by atoms with Gasteiger partial charge in [0.05, 0.1) is 23.7 Å². The van der Waals surface area contributed by atoms with Gasteiger partial charge in [-0.05, 0) is 93.5 Å². The number of ketones is 1. The summed E-state index contributed by atoms with van der Waals surface area (Å²) in [5.74, 6) is 2.28. The van der Waals surface area contributed by atoms with E-state index >= 15 is 0 Å². The van der Waals surface area contributed by atoms with Crippen LogP contribution in [0.2, 0.25) is 0 Å². The van der Waals surface area contributed by atoms with E-state index in [9.17, 15) is 14.7 Å². The van der Waals surface area contributed by atoms with E-state index in [0.29, 0.717) is 29.2 Å². The van der Waals surface area contributed by atoms with Crippen LogP contribution in [0.25, 0.3) is 0 Å². The van der Waals surface area contributed by atoms with Gasteiger partial charge in [0.2, 0.25) is 0 Å². The minimum absolute atomic E-state index is 0.112. The molecule has 180 valence electrons. The number of fused-ring (bicyclic) bond motifs is 4. The summed E-state index contributed by atoms with van der Waals surface area (Å²) in [4.78, 5) is 25.7. The van der Waals surface area contributed by atoms with E-state index in [1.807, 2.05) is 19.1 Å². The van der Waals surface area contributed by atoms with Crippen molar-refractivity contribution in [2.75, 3.05) is 6.61 Å². The molecule has 0 aromatic rings. The lowest BCUT2D eigenvalue weighted by Crippen LogP contribution is -2.60. The number of hydrogen-bond donors (Lipinski definition) is 1. The molecule has 0 aromatic carbocycles. The molecule has 1 N–H and O–H groups in total. The normalized spacial score (nSPS) is 51.3. The molecule has 0 radical (unpaired) electrons. The fraction of sp³-hybridized carbons (Fsp3) is 0.786. The van der Waals surface area contributed by atoms with E-state index in [4.69, 9.17) is 9.47 Å². The molecule has 1 saturated heterocycles. The highest BCUT2D eigenvalue weighted by Gasteiger charge is 2.77. The van der Waals surface area contributed by atoms with E-state index in [1.165, 1.54) is 6.42 Å². The number of carbonyl (C=O) groups is 2. The lowest BCUT2D eigenvalue weighted by atomic mass is 9.44. The summed E-state index contributed by atoms with van der Waals surface area (Å²) in [6.45, 7) is 8.68. The van der Waals surface area contributed by atoms with Crippen LogP contribution in [-0.4, -0.2) is 41.3 Å². The minimum atomic E-state index is -0.373. The zero-order valence-corrected chi connectivity index (χ0v) is 20.4. The van der Waals surface area contributed by atoms with Crippen LogP contribution in [0, 0.1) is 40.4 Å². The molecule has 5 nitrogen and oxygen atoms in total. The second kappa shape index (κ2) is 7.04. The smallest absolute Gasteiger partial charge is 0.336 e. The number of rotatable bonds is 3. The molecule has 0 amide bonds. The van der Waals surface area contributed by atoms with Gasteiger partial charge in [0.25, 0.3) is 0 Å². The molecule has 3 saturated carbocycles. The first kappa shape index (κ1) is 22.0. The summed E-state index contributed by atoms with van der Waals surface area (Å²) in [5.41, 5.74) is 1.01. The average Bonchev–Trinajstić information content (AvgIpc) is 3.36. The Morgan fingerprint density at radius 1 is 1.18 bits per heavy atom. The van der Waals surface area contributed by atoms with Crippen molar-refractivity contribution in [3.8, 4) is 0 Å². The van der Waals surface area contributed by atoms with Gasteiger partial charge in [0, 0.05) is 6.42 Å². The molecule has 0 bridgehead atoms. The Hall–Kier alpha value is -1.46. The van der Waals surface area contributed by atoms with Gasteiger partial charge in [-0.15, -0.1) is 0 Å². The molecule has 4 aliphatic carbocycles. The third-order valence-electron chi connectivity index (χ3n) is 11.5. The van der Waals surface area contributed by atoms with Crippen molar-refractivity contribution < 1.29 is 24.2 Å². The maximum Gasteiger partial charge on any atom is 0.336 e. The second-order valence-corrected chi connectivity index (χ2v) is 12.4. The van der Waals surface area contributed by atoms with Gasteiger partial charge < -0.3 is 14.6 Å². The van der Waals surface area contributed by atoms with Gasteiger partial charge in [-0.1, -0.05) is 25.5 Å². The van der Waals surface area contributed by atoms with Crippen molar-refractivity contribution in [3.05, 3.63) is 23.3 Å². The molecule has 33 heavy (non-hydrogen) atoms. The number of allylic oxidation sites excluding steroid dienone is 1. The van der Waals surface area contributed by atoms with Gasteiger partial charge in [0.15, 0.2) is 5.78 Å². The van der Waals surface area contributed by atoms with E-state index in [2.05, 4.69) is 20.8 Å². The van der Waals surface area contributed by atoms with Crippen molar-refractivity contribution in [2.45, 2.75) is 90.4 Å². The van der Waals surface area contributed by atoms with Gasteiger partial charge in [0.1, 0.15) is 11.7 Å². The van der Waals surface area contributed by atoms with Crippen LogP contribution in [0.5, 0.6) is 0 Å². The molecule has 2 aliphatic heterocycles. The number of carbonyl (C=O) groups excluding carboxylic acids is 2. The summed E-state index contributed by atoms with van der Waals surface area (Å²) < 4.78 is 12.2.